The number of aromatic amines is 1. The lowest BCUT2D eigenvalue weighted by Crippen LogP contribution is -2.31. The van der Waals surface area contributed by atoms with Gasteiger partial charge in [0.2, 0.25) is 0 Å². The largest absolute Gasteiger partial charge is 0.361 e. The van der Waals surface area contributed by atoms with Gasteiger partial charge in [-0.1, -0.05) is 23.4 Å². The number of nitrogens with one attached hydrogen (secondary N) is 1. The molecule has 2 aliphatic heterocycles. The van der Waals surface area contributed by atoms with Crippen LogP contribution < -0.4 is 4.90 Å². The number of H-pyrrole nitrogens is 1. The molecule has 0 radical (unpaired) electrons. The summed E-state index contributed by atoms with van der Waals surface area (Å²) in [6.07, 6.45) is 7.20. The molecule has 0 spiro atoms. The topological polar surface area (TPSA) is 25.5 Å². The van der Waals surface area contributed by atoms with Crippen LogP contribution in [0.15, 0.2) is 47.4 Å². The van der Waals surface area contributed by atoms with Gasteiger partial charge in [-0.25, -0.2) is 0 Å². The van der Waals surface area contributed by atoms with E-state index in [0.29, 0.717) is 0 Å². The molecule has 2 aliphatic rings. The lowest BCUT2D eigenvalue weighted by molar-refractivity contribution is 0.414. The number of anilines is 1. The van der Waals surface area contributed by atoms with Gasteiger partial charge in [-0.15, -0.1) is 0 Å². The number of thioether (sulfide) groups is 1. The first-order valence-electron chi connectivity index (χ1n) is 7.64. The summed E-state index contributed by atoms with van der Waals surface area (Å²) >= 11 is 8.23. The molecule has 0 saturated carbocycles. The number of aromatic nitrogens is 1. The Hall–Kier alpha value is -1.56. The Bertz CT molecular complexity index is 795. The third-order valence-corrected chi connectivity index (χ3v) is 5.51. The molecule has 1 aromatic heterocycles. The summed E-state index contributed by atoms with van der Waals surface area (Å²) in [7, 11) is 4.21. The predicted octanol–water partition coefficient (Wildman–Crippen LogP) is 3.93. The first kappa shape index (κ1) is 15.0. The highest BCUT2D eigenvalue weighted by atomic mass is 35.5. The van der Waals surface area contributed by atoms with Gasteiger partial charge < -0.3 is 19.7 Å². The van der Waals surface area contributed by atoms with E-state index in [0.717, 1.165) is 23.8 Å². The van der Waals surface area contributed by atoms with Crippen molar-refractivity contribution >= 4 is 40.0 Å². The molecular formula is C17H19ClN4S. The van der Waals surface area contributed by atoms with Crippen LogP contribution in [0.2, 0.25) is 0 Å². The van der Waals surface area contributed by atoms with Gasteiger partial charge in [0.05, 0.1) is 0 Å². The fourth-order valence-electron chi connectivity index (χ4n) is 3.03. The molecule has 0 fully saturated rings. The Morgan fingerprint density at radius 3 is 3.04 bits per heavy atom. The average molecular weight is 347 g/mol. The fourth-order valence-corrected chi connectivity index (χ4v) is 4.37. The van der Waals surface area contributed by atoms with E-state index in [9.17, 15) is 0 Å². The Morgan fingerprint density at radius 2 is 2.22 bits per heavy atom. The summed E-state index contributed by atoms with van der Waals surface area (Å²) in [6.45, 7) is 1.04. The van der Waals surface area contributed by atoms with Crippen LogP contribution in [0.1, 0.15) is 5.56 Å². The van der Waals surface area contributed by atoms with Gasteiger partial charge in [0, 0.05) is 41.7 Å². The number of likely N-dealkylation sites (N-methyl/N-ethyl adjacent to an activating group) is 1. The molecule has 1 unspecified atom stereocenters. The number of rotatable bonds is 4. The number of hydrogen-bond donors (Lipinski definition) is 1. The van der Waals surface area contributed by atoms with E-state index < -0.39 is 0 Å². The second-order valence-electron chi connectivity index (χ2n) is 6.11. The summed E-state index contributed by atoms with van der Waals surface area (Å²) in [5, 5.41) is 4.15. The Morgan fingerprint density at radius 1 is 1.35 bits per heavy atom. The molecule has 2 aromatic rings. The van der Waals surface area contributed by atoms with Crippen LogP contribution in [0.25, 0.3) is 10.9 Å². The smallest absolute Gasteiger partial charge is 0.163 e. The summed E-state index contributed by atoms with van der Waals surface area (Å²) in [4.78, 5) is 9.90. The molecule has 0 saturated heterocycles. The van der Waals surface area contributed by atoms with Gasteiger partial charge in [-0.3, -0.25) is 0 Å². The monoisotopic (exact) mass is 346 g/mol. The molecule has 3 heterocycles. The zero-order valence-corrected chi connectivity index (χ0v) is 14.7. The van der Waals surface area contributed by atoms with Crippen LogP contribution in [-0.2, 0) is 6.42 Å². The van der Waals surface area contributed by atoms with E-state index in [4.69, 9.17) is 11.6 Å². The van der Waals surface area contributed by atoms with E-state index in [1.54, 1.807) is 11.8 Å². The van der Waals surface area contributed by atoms with Gasteiger partial charge in [0.25, 0.3) is 0 Å². The average Bonchev–Trinajstić information content (AvgIpc) is 3.18. The van der Waals surface area contributed by atoms with Crippen molar-refractivity contribution in [1.29, 1.82) is 0 Å². The summed E-state index contributed by atoms with van der Waals surface area (Å²) in [5.41, 5.74) is 3.86. The minimum absolute atomic E-state index is 0.198. The van der Waals surface area contributed by atoms with Crippen molar-refractivity contribution < 1.29 is 0 Å². The molecule has 6 heteroatoms. The number of fused-ring (bicyclic) bond motifs is 2. The summed E-state index contributed by atoms with van der Waals surface area (Å²) < 4.78 is 0. The highest BCUT2D eigenvalue weighted by Crippen LogP contribution is 2.41. The second kappa shape index (κ2) is 5.82. The lowest BCUT2D eigenvalue weighted by Gasteiger charge is -2.27. The second-order valence-corrected chi connectivity index (χ2v) is 7.47. The quantitative estimate of drug-likeness (QED) is 0.848. The molecule has 4 nitrogen and oxygen atoms in total. The summed E-state index contributed by atoms with van der Waals surface area (Å²) in [6, 6.07) is 6.52. The zero-order valence-electron chi connectivity index (χ0n) is 13.2. The number of nitrogens with zero attached hydrogens (tertiary/aromatic N) is 3. The van der Waals surface area contributed by atoms with Crippen LogP contribution in [0.4, 0.5) is 5.69 Å². The van der Waals surface area contributed by atoms with Crippen LogP contribution in [0, 0.1) is 0 Å². The van der Waals surface area contributed by atoms with Crippen LogP contribution >= 0.6 is 23.4 Å². The molecule has 1 N–H and O–H groups in total. The molecule has 0 bridgehead atoms. The minimum Gasteiger partial charge on any atom is -0.361 e. The third kappa shape index (κ3) is 2.63. The maximum atomic E-state index is 6.47. The third-order valence-electron chi connectivity index (χ3n) is 4.25. The van der Waals surface area contributed by atoms with Gasteiger partial charge in [0.1, 0.15) is 5.16 Å². The minimum atomic E-state index is 0.198. The molecule has 120 valence electrons. The van der Waals surface area contributed by atoms with Gasteiger partial charge in [0.15, 0.2) is 5.50 Å². The van der Waals surface area contributed by atoms with E-state index in [-0.39, 0.29) is 5.50 Å². The number of hydrogen-bond acceptors (Lipinski definition) is 4. The molecule has 23 heavy (non-hydrogen) atoms. The lowest BCUT2D eigenvalue weighted by atomic mass is 10.1. The van der Waals surface area contributed by atoms with Crippen molar-refractivity contribution in [1.82, 2.24) is 14.8 Å². The van der Waals surface area contributed by atoms with E-state index in [1.807, 2.05) is 6.20 Å². The molecule has 0 aliphatic carbocycles. The molecular weight excluding hydrogens is 328 g/mol. The summed E-state index contributed by atoms with van der Waals surface area (Å²) in [5.74, 6) is 0. The molecule has 0 amide bonds. The highest BCUT2D eigenvalue weighted by Gasteiger charge is 2.34. The zero-order chi connectivity index (χ0) is 16.0. The van der Waals surface area contributed by atoms with Crippen molar-refractivity contribution in [3.63, 3.8) is 0 Å². The van der Waals surface area contributed by atoms with Gasteiger partial charge >= 0.3 is 0 Å². The standard InChI is InChI=1S/C17H19ClN4S/c1-20(2)6-5-12-10-19-15-4-3-13(9-14(12)15)22-16(18)11-21-7-8-23-17(21)22/h3-4,7-11,17,19H,5-6H2,1-2H3. The van der Waals surface area contributed by atoms with Crippen LogP contribution in [0.5, 0.6) is 0 Å². The first-order valence-corrected chi connectivity index (χ1v) is 8.96. The van der Waals surface area contributed by atoms with Crippen LogP contribution in [0.3, 0.4) is 0 Å². The van der Waals surface area contributed by atoms with Crippen molar-refractivity contribution in [2.75, 3.05) is 25.5 Å². The Balaban J connectivity index is 1.68. The molecule has 1 atom stereocenters. The Kier molecular flexibility index (Phi) is 3.79. The maximum absolute atomic E-state index is 6.47. The van der Waals surface area contributed by atoms with E-state index >= 15 is 0 Å². The predicted molar refractivity (Wildman–Crippen MR) is 99.3 cm³/mol. The normalized spacial score (nSPS) is 20.0. The molecule has 4 rings (SSSR count). The van der Waals surface area contributed by atoms with Crippen LogP contribution in [-0.4, -0.2) is 40.9 Å². The van der Waals surface area contributed by atoms with Gasteiger partial charge in [-0.2, -0.15) is 0 Å². The first-order chi connectivity index (χ1) is 11.1. The van der Waals surface area contributed by atoms with Crippen molar-refractivity contribution in [3.8, 4) is 0 Å². The van der Waals surface area contributed by atoms with E-state index in [2.05, 4.69) is 69.8 Å². The maximum Gasteiger partial charge on any atom is 0.163 e. The van der Waals surface area contributed by atoms with Crippen molar-refractivity contribution in [2.45, 2.75) is 11.9 Å². The van der Waals surface area contributed by atoms with Crippen molar-refractivity contribution in [2.24, 2.45) is 0 Å². The SMILES string of the molecule is CN(C)CCc1c[nH]c2ccc(N3C(Cl)=CN4C=CSC43)cc12. The number of halogens is 1. The van der Waals surface area contributed by atoms with Gasteiger partial charge in [-0.05, 0) is 49.7 Å². The molecule has 1 aromatic carbocycles. The van der Waals surface area contributed by atoms with Crippen molar-refractivity contribution in [3.05, 3.63) is 52.9 Å². The number of benzene rings is 1. The fraction of sp³-hybridized carbons (Fsp3) is 0.294. The highest BCUT2D eigenvalue weighted by molar-refractivity contribution is 8.03. The van der Waals surface area contributed by atoms with E-state index in [1.165, 1.54) is 16.5 Å². The Labute approximate surface area is 145 Å².